The summed E-state index contributed by atoms with van der Waals surface area (Å²) in [5, 5.41) is 6.65. The molecule has 1 aromatic carbocycles. The molecule has 0 aliphatic carbocycles. The minimum Gasteiger partial charge on any atom is -0.493 e. The van der Waals surface area contributed by atoms with Crippen LogP contribution < -0.4 is 25.0 Å². The number of rotatable bonds is 8. The monoisotopic (exact) mass is 397 g/mol. The van der Waals surface area contributed by atoms with Crippen LogP contribution >= 0.6 is 0 Å². The van der Waals surface area contributed by atoms with Crippen LogP contribution in [-0.4, -0.2) is 44.8 Å². The van der Waals surface area contributed by atoms with Crippen LogP contribution in [0.4, 0.5) is 5.82 Å². The Morgan fingerprint density at radius 3 is 2.45 bits per heavy atom. The molecule has 3 rings (SSSR count). The number of nitrogens with one attached hydrogen (secondary N) is 2. The molecule has 0 spiro atoms. The van der Waals surface area contributed by atoms with Crippen molar-refractivity contribution < 1.29 is 9.47 Å². The van der Waals surface area contributed by atoms with Crippen LogP contribution in [0.1, 0.15) is 30.9 Å². The Morgan fingerprint density at radius 2 is 1.79 bits per heavy atom. The molecule has 29 heavy (non-hydrogen) atoms. The highest BCUT2D eigenvalue weighted by Crippen LogP contribution is 2.27. The van der Waals surface area contributed by atoms with Gasteiger partial charge in [-0.1, -0.05) is 12.1 Å². The summed E-state index contributed by atoms with van der Waals surface area (Å²) in [4.78, 5) is 11.6. The number of pyridine rings is 1. The normalized spacial score (nSPS) is 14.0. The predicted molar refractivity (Wildman–Crippen MR) is 117 cm³/mol. The van der Waals surface area contributed by atoms with Gasteiger partial charge in [-0.2, -0.15) is 0 Å². The molecule has 1 aromatic heterocycles. The molecule has 1 aliphatic rings. The fraction of sp³-hybridized carbons (Fsp3) is 0.455. The summed E-state index contributed by atoms with van der Waals surface area (Å²) in [5.74, 6) is 3.28. The third-order valence-electron chi connectivity index (χ3n) is 4.91. The van der Waals surface area contributed by atoms with Gasteiger partial charge in [-0.25, -0.2) is 9.98 Å². The second kappa shape index (κ2) is 10.5. The average molecular weight is 398 g/mol. The fourth-order valence-electron chi connectivity index (χ4n) is 3.33. The van der Waals surface area contributed by atoms with Crippen molar-refractivity contribution in [2.75, 3.05) is 38.8 Å². The molecule has 1 saturated heterocycles. The largest absolute Gasteiger partial charge is 0.493 e. The molecule has 0 atom stereocenters. The number of hydrogen-bond acceptors (Lipinski definition) is 5. The van der Waals surface area contributed by atoms with Crippen molar-refractivity contribution in [3.63, 3.8) is 0 Å². The Hall–Kier alpha value is -2.96. The summed E-state index contributed by atoms with van der Waals surface area (Å²) in [6.45, 7) is 6.28. The molecule has 0 amide bonds. The minimum absolute atomic E-state index is 0.578. The van der Waals surface area contributed by atoms with E-state index in [0.717, 1.165) is 54.0 Å². The van der Waals surface area contributed by atoms with E-state index in [1.807, 2.05) is 24.4 Å². The maximum Gasteiger partial charge on any atom is 0.191 e. The van der Waals surface area contributed by atoms with Gasteiger partial charge in [0.2, 0.25) is 0 Å². The Labute approximate surface area is 173 Å². The molecule has 1 fully saturated rings. The van der Waals surface area contributed by atoms with Crippen LogP contribution in [0.3, 0.4) is 0 Å². The van der Waals surface area contributed by atoms with Crippen molar-refractivity contribution in [3.05, 3.63) is 47.7 Å². The van der Waals surface area contributed by atoms with Crippen molar-refractivity contribution in [1.82, 2.24) is 15.6 Å². The summed E-state index contributed by atoms with van der Waals surface area (Å²) in [6, 6.07) is 10.1. The zero-order chi connectivity index (χ0) is 20.5. The molecule has 156 valence electrons. The molecular formula is C22H31N5O2. The molecule has 7 nitrogen and oxygen atoms in total. The Bertz CT molecular complexity index is 801. The molecule has 0 radical (unpaired) electrons. The van der Waals surface area contributed by atoms with Crippen LogP contribution in [0.5, 0.6) is 11.5 Å². The van der Waals surface area contributed by atoms with Gasteiger partial charge in [-0.3, -0.25) is 0 Å². The molecule has 7 heteroatoms. The molecule has 2 N–H and O–H groups in total. The van der Waals surface area contributed by atoms with Gasteiger partial charge in [0.25, 0.3) is 0 Å². The van der Waals surface area contributed by atoms with Crippen LogP contribution in [0.2, 0.25) is 0 Å². The summed E-state index contributed by atoms with van der Waals surface area (Å²) >= 11 is 0. The van der Waals surface area contributed by atoms with Crippen LogP contribution in [-0.2, 0) is 13.1 Å². The SMILES string of the molecule is CCNC(=NCc1ccc(N2CCCC2)nc1)NCc1ccc(OC)c(OC)c1. The molecule has 2 heterocycles. The van der Waals surface area contributed by atoms with Gasteiger partial charge in [-0.15, -0.1) is 0 Å². The highest BCUT2D eigenvalue weighted by molar-refractivity contribution is 5.79. The van der Waals surface area contributed by atoms with Gasteiger partial charge in [0.1, 0.15) is 5.82 Å². The fourth-order valence-corrected chi connectivity index (χ4v) is 3.33. The van der Waals surface area contributed by atoms with Gasteiger partial charge in [0.15, 0.2) is 17.5 Å². The van der Waals surface area contributed by atoms with E-state index >= 15 is 0 Å². The van der Waals surface area contributed by atoms with Gasteiger partial charge in [0, 0.05) is 32.4 Å². The molecule has 0 saturated carbocycles. The van der Waals surface area contributed by atoms with Crippen LogP contribution in [0, 0.1) is 0 Å². The van der Waals surface area contributed by atoms with E-state index in [4.69, 9.17) is 9.47 Å². The van der Waals surface area contributed by atoms with E-state index in [0.29, 0.717) is 13.1 Å². The van der Waals surface area contributed by atoms with E-state index in [-0.39, 0.29) is 0 Å². The summed E-state index contributed by atoms with van der Waals surface area (Å²) in [6.07, 6.45) is 4.44. The number of aliphatic imine (C=N–C) groups is 1. The second-order valence-corrected chi connectivity index (χ2v) is 6.96. The number of nitrogens with zero attached hydrogens (tertiary/aromatic N) is 3. The topological polar surface area (TPSA) is 71.0 Å². The van der Waals surface area contributed by atoms with E-state index < -0.39 is 0 Å². The van der Waals surface area contributed by atoms with E-state index in [1.165, 1.54) is 12.8 Å². The first kappa shape index (κ1) is 20.8. The van der Waals surface area contributed by atoms with Crippen molar-refractivity contribution in [2.45, 2.75) is 32.9 Å². The number of ether oxygens (including phenoxy) is 2. The zero-order valence-corrected chi connectivity index (χ0v) is 17.6. The number of anilines is 1. The van der Waals surface area contributed by atoms with Crippen LogP contribution in [0.25, 0.3) is 0 Å². The lowest BCUT2D eigenvalue weighted by atomic mass is 10.2. The minimum atomic E-state index is 0.578. The summed E-state index contributed by atoms with van der Waals surface area (Å²) < 4.78 is 10.7. The number of guanidine groups is 1. The highest BCUT2D eigenvalue weighted by atomic mass is 16.5. The maximum absolute atomic E-state index is 5.37. The summed E-state index contributed by atoms with van der Waals surface area (Å²) in [7, 11) is 3.28. The lowest BCUT2D eigenvalue weighted by Crippen LogP contribution is -2.36. The second-order valence-electron chi connectivity index (χ2n) is 6.96. The quantitative estimate of drug-likeness (QED) is 0.527. The maximum atomic E-state index is 5.37. The Morgan fingerprint density at radius 1 is 1.03 bits per heavy atom. The standard InChI is InChI=1S/C22H31N5O2/c1-4-23-22(25-14-17-7-9-19(28-2)20(13-17)29-3)26-16-18-8-10-21(24-15-18)27-11-5-6-12-27/h7-10,13,15H,4-6,11-12,14,16H2,1-3H3,(H2,23,25,26). The van der Waals surface area contributed by atoms with Gasteiger partial charge < -0.3 is 25.0 Å². The van der Waals surface area contributed by atoms with Gasteiger partial charge >= 0.3 is 0 Å². The first-order valence-electron chi connectivity index (χ1n) is 10.2. The van der Waals surface area contributed by atoms with Crippen molar-refractivity contribution in [3.8, 4) is 11.5 Å². The Balaban J connectivity index is 1.59. The van der Waals surface area contributed by atoms with Crippen molar-refractivity contribution in [1.29, 1.82) is 0 Å². The third-order valence-corrected chi connectivity index (χ3v) is 4.91. The van der Waals surface area contributed by atoms with Crippen molar-refractivity contribution in [2.24, 2.45) is 4.99 Å². The van der Waals surface area contributed by atoms with Crippen molar-refractivity contribution >= 4 is 11.8 Å². The highest BCUT2D eigenvalue weighted by Gasteiger charge is 2.13. The van der Waals surface area contributed by atoms with E-state index in [1.54, 1.807) is 14.2 Å². The molecule has 2 aromatic rings. The average Bonchev–Trinajstić information content (AvgIpc) is 3.30. The molecule has 1 aliphatic heterocycles. The number of hydrogen-bond donors (Lipinski definition) is 2. The number of methoxy groups -OCH3 is 2. The number of aromatic nitrogens is 1. The lowest BCUT2D eigenvalue weighted by molar-refractivity contribution is 0.354. The van der Waals surface area contributed by atoms with Crippen LogP contribution in [0.15, 0.2) is 41.5 Å². The summed E-state index contributed by atoms with van der Waals surface area (Å²) in [5.41, 5.74) is 2.18. The lowest BCUT2D eigenvalue weighted by Gasteiger charge is -2.16. The van der Waals surface area contributed by atoms with E-state index in [2.05, 4.69) is 44.6 Å². The zero-order valence-electron chi connectivity index (χ0n) is 17.6. The molecule has 0 bridgehead atoms. The van der Waals surface area contributed by atoms with E-state index in [9.17, 15) is 0 Å². The smallest absolute Gasteiger partial charge is 0.191 e. The third kappa shape index (κ3) is 5.76. The Kier molecular flexibility index (Phi) is 7.55. The molecular weight excluding hydrogens is 366 g/mol. The predicted octanol–water partition coefficient (Wildman–Crippen LogP) is 2.95. The first-order chi connectivity index (χ1) is 14.2. The van der Waals surface area contributed by atoms with Gasteiger partial charge in [-0.05, 0) is 49.1 Å². The molecule has 0 unspecified atom stereocenters. The number of benzene rings is 1. The van der Waals surface area contributed by atoms with Gasteiger partial charge in [0.05, 0.1) is 20.8 Å². The first-order valence-corrected chi connectivity index (χ1v) is 10.2.